The second-order valence-corrected chi connectivity index (χ2v) is 2.93. The van der Waals surface area contributed by atoms with Gasteiger partial charge < -0.3 is 10.2 Å². The van der Waals surface area contributed by atoms with E-state index in [0.717, 1.165) is 0 Å². The van der Waals surface area contributed by atoms with Crippen LogP contribution in [0.1, 0.15) is 11.1 Å². The summed E-state index contributed by atoms with van der Waals surface area (Å²) in [4.78, 5) is 11.1. The van der Waals surface area contributed by atoms with E-state index in [2.05, 4.69) is 0 Å². The van der Waals surface area contributed by atoms with E-state index in [-0.39, 0.29) is 6.42 Å². The van der Waals surface area contributed by atoms with Crippen LogP contribution >= 0.6 is 0 Å². The maximum Gasteiger partial charge on any atom is 0.252 e. The summed E-state index contributed by atoms with van der Waals surface area (Å²) in [5.41, 5.74) is 1.02. The molecule has 2 N–H and O–H groups in total. The predicted molar refractivity (Wildman–Crippen MR) is 41.3 cm³/mol. The van der Waals surface area contributed by atoms with Crippen LogP contribution in [0.15, 0.2) is 24.3 Å². The van der Waals surface area contributed by atoms with Crippen molar-refractivity contribution in [3.63, 3.8) is 0 Å². The van der Waals surface area contributed by atoms with Crippen molar-refractivity contribution in [3.05, 3.63) is 35.4 Å². The summed E-state index contributed by atoms with van der Waals surface area (Å²) in [7, 11) is 0. The molecule has 0 aromatic heterocycles. The van der Waals surface area contributed by atoms with Crippen LogP contribution in [0.3, 0.4) is 0 Å². The Morgan fingerprint density at radius 1 is 1.25 bits per heavy atom. The Balaban J connectivity index is 2.63. The summed E-state index contributed by atoms with van der Waals surface area (Å²) in [5.74, 6) is -2.81. The van der Waals surface area contributed by atoms with Gasteiger partial charge in [-0.15, -0.1) is 0 Å². The Morgan fingerprint density at radius 3 is 2.58 bits per heavy atom. The van der Waals surface area contributed by atoms with Crippen molar-refractivity contribution >= 4 is 5.78 Å². The largest absolute Gasteiger partial charge is 0.356 e. The number of Topliss-reactive ketones (excluding diaryl/α,β-unsaturated/α-hetero) is 1. The van der Waals surface area contributed by atoms with Gasteiger partial charge >= 0.3 is 0 Å². The van der Waals surface area contributed by atoms with Gasteiger partial charge in [0.25, 0.3) is 5.79 Å². The molecule has 0 spiro atoms. The molecule has 3 heteroatoms. The average molecular weight is 164 g/mol. The Hall–Kier alpha value is -1.19. The number of rotatable bonds is 0. The number of fused-ring (bicyclic) bond motifs is 1. The number of carbonyl (C=O) groups excluding carboxylic acids is 1. The molecule has 1 aromatic carbocycles. The van der Waals surface area contributed by atoms with E-state index in [1.54, 1.807) is 24.3 Å². The molecule has 0 radical (unpaired) electrons. The molecule has 0 unspecified atom stereocenters. The van der Waals surface area contributed by atoms with Gasteiger partial charge in [0.1, 0.15) is 0 Å². The zero-order chi connectivity index (χ0) is 8.77. The molecule has 0 heterocycles. The number of ketones is 1. The first-order valence-electron chi connectivity index (χ1n) is 3.69. The molecule has 0 aliphatic heterocycles. The maximum atomic E-state index is 11.1. The monoisotopic (exact) mass is 164 g/mol. The van der Waals surface area contributed by atoms with E-state index in [1.807, 2.05) is 0 Å². The molecule has 0 amide bonds. The van der Waals surface area contributed by atoms with Crippen molar-refractivity contribution in [2.75, 3.05) is 0 Å². The Labute approximate surface area is 69.3 Å². The van der Waals surface area contributed by atoms with E-state index in [0.29, 0.717) is 11.1 Å². The molecular formula is C9H8O3. The van der Waals surface area contributed by atoms with E-state index in [9.17, 15) is 15.0 Å². The standard InChI is InChI=1S/C9H8O3/c10-8-5-6-3-1-2-4-7(6)9(8,11)12/h1-4,11-12H,5H2. The summed E-state index contributed by atoms with van der Waals surface area (Å²) in [6, 6.07) is 6.73. The van der Waals surface area contributed by atoms with Crippen molar-refractivity contribution in [2.45, 2.75) is 12.2 Å². The highest BCUT2D eigenvalue weighted by molar-refractivity contribution is 5.93. The van der Waals surface area contributed by atoms with Crippen LogP contribution < -0.4 is 0 Å². The molecule has 1 aliphatic carbocycles. The van der Waals surface area contributed by atoms with Crippen LogP contribution in [0.2, 0.25) is 0 Å². The molecule has 62 valence electrons. The van der Waals surface area contributed by atoms with Crippen molar-refractivity contribution in [3.8, 4) is 0 Å². The molecule has 2 rings (SSSR count). The first-order valence-corrected chi connectivity index (χ1v) is 3.69. The average Bonchev–Trinajstić information content (AvgIpc) is 2.25. The Bertz CT molecular complexity index is 341. The lowest BCUT2D eigenvalue weighted by Gasteiger charge is -2.13. The van der Waals surface area contributed by atoms with Gasteiger partial charge in [0.2, 0.25) is 5.78 Å². The second-order valence-electron chi connectivity index (χ2n) is 2.93. The molecule has 1 aliphatic rings. The summed E-state index contributed by atoms with van der Waals surface area (Å²) in [6.07, 6.45) is 0.114. The topological polar surface area (TPSA) is 57.5 Å². The lowest BCUT2D eigenvalue weighted by molar-refractivity contribution is -0.182. The zero-order valence-electron chi connectivity index (χ0n) is 6.32. The highest BCUT2D eigenvalue weighted by Crippen LogP contribution is 2.31. The molecule has 0 fully saturated rings. The lowest BCUT2D eigenvalue weighted by atomic mass is 10.1. The smallest absolute Gasteiger partial charge is 0.252 e. The highest BCUT2D eigenvalue weighted by Gasteiger charge is 2.42. The number of benzene rings is 1. The summed E-state index contributed by atoms with van der Waals surface area (Å²) < 4.78 is 0. The van der Waals surface area contributed by atoms with E-state index in [4.69, 9.17) is 0 Å². The summed E-state index contributed by atoms with van der Waals surface area (Å²) >= 11 is 0. The predicted octanol–water partition coefficient (Wildman–Crippen LogP) is -0.0508. The summed E-state index contributed by atoms with van der Waals surface area (Å²) in [5, 5.41) is 18.6. The number of hydrogen-bond acceptors (Lipinski definition) is 3. The van der Waals surface area contributed by atoms with Crippen LogP contribution in [0.5, 0.6) is 0 Å². The molecule has 0 saturated heterocycles. The first kappa shape index (κ1) is 7.46. The number of aliphatic hydroxyl groups is 2. The Kier molecular flexibility index (Phi) is 1.34. The molecule has 1 aromatic rings. The van der Waals surface area contributed by atoms with Crippen molar-refractivity contribution in [2.24, 2.45) is 0 Å². The third kappa shape index (κ3) is 0.807. The minimum Gasteiger partial charge on any atom is -0.356 e. The fourth-order valence-electron chi connectivity index (χ4n) is 1.46. The highest BCUT2D eigenvalue weighted by atomic mass is 16.5. The quantitative estimate of drug-likeness (QED) is 0.528. The van der Waals surface area contributed by atoms with Gasteiger partial charge in [0.15, 0.2) is 0 Å². The van der Waals surface area contributed by atoms with Gasteiger partial charge in [-0.1, -0.05) is 24.3 Å². The number of carbonyl (C=O) groups is 1. The van der Waals surface area contributed by atoms with Crippen molar-refractivity contribution in [1.82, 2.24) is 0 Å². The SMILES string of the molecule is O=C1Cc2ccccc2C1(O)O. The first-order chi connectivity index (χ1) is 5.62. The third-order valence-corrected chi connectivity index (χ3v) is 2.13. The fourth-order valence-corrected chi connectivity index (χ4v) is 1.46. The molecule has 0 saturated carbocycles. The van der Waals surface area contributed by atoms with E-state index < -0.39 is 11.6 Å². The van der Waals surface area contributed by atoms with Gasteiger partial charge in [0.05, 0.1) is 0 Å². The molecular weight excluding hydrogens is 156 g/mol. The summed E-state index contributed by atoms with van der Waals surface area (Å²) in [6.45, 7) is 0. The maximum absolute atomic E-state index is 11.1. The van der Waals surface area contributed by atoms with Crippen molar-refractivity contribution < 1.29 is 15.0 Å². The van der Waals surface area contributed by atoms with E-state index >= 15 is 0 Å². The van der Waals surface area contributed by atoms with E-state index in [1.165, 1.54) is 0 Å². The van der Waals surface area contributed by atoms with Gasteiger partial charge in [-0.3, -0.25) is 4.79 Å². The fraction of sp³-hybridized carbons (Fsp3) is 0.222. The van der Waals surface area contributed by atoms with Crippen LogP contribution in [-0.2, 0) is 17.0 Å². The third-order valence-electron chi connectivity index (χ3n) is 2.13. The lowest BCUT2D eigenvalue weighted by Crippen LogP contribution is -2.30. The molecule has 0 bridgehead atoms. The van der Waals surface area contributed by atoms with Crippen LogP contribution in [0.4, 0.5) is 0 Å². The van der Waals surface area contributed by atoms with Gasteiger partial charge in [-0.05, 0) is 5.56 Å². The molecule has 3 nitrogen and oxygen atoms in total. The van der Waals surface area contributed by atoms with Crippen LogP contribution in [0, 0.1) is 0 Å². The number of hydrogen-bond donors (Lipinski definition) is 2. The molecule has 12 heavy (non-hydrogen) atoms. The van der Waals surface area contributed by atoms with Gasteiger partial charge in [-0.2, -0.15) is 0 Å². The zero-order valence-corrected chi connectivity index (χ0v) is 6.32. The normalized spacial score (nSPS) is 19.3. The second kappa shape index (κ2) is 2.15. The van der Waals surface area contributed by atoms with Crippen molar-refractivity contribution in [1.29, 1.82) is 0 Å². The van der Waals surface area contributed by atoms with Crippen LogP contribution in [0.25, 0.3) is 0 Å². The van der Waals surface area contributed by atoms with Crippen LogP contribution in [-0.4, -0.2) is 16.0 Å². The minimum atomic E-state index is -2.25. The van der Waals surface area contributed by atoms with Gasteiger partial charge in [0, 0.05) is 12.0 Å². The Morgan fingerprint density at radius 2 is 1.92 bits per heavy atom. The minimum absolute atomic E-state index is 0.114. The van der Waals surface area contributed by atoms with Gasteiger partial charge in [-0.25, -0.2) is 0 Å². The molecule has 0 atom stereocenters.